The Morgan fingerprint density at radius 3 is 2.58 bits per heavy atom. The maximum absolute atomic E-state index is 13.0. The van der Waals surface area contributed by atoms with Gasteiger partial charge in [-0.05, 0) is 71.8 Å². The number of aryl methyl sites for hydroxylation is 1. The van der Waals surface area contributed by atoms with E-state index in [4.69, 9.17) is 0 Å². The number of sulfonamides is 1. The molecule has 3 rings (SSSR count). The molecule has 0 saturated carbocycles. The summed E-state index contributed by atoms with van der Waals surface area (Å²) in [5, 5.41) is 6.99. The maximum Gasteiger partial charge on any atom is 0.243 e. The van der Waals surface area contributed by atoms with Gasteiger partial charge in [0.05, 0.1) is 4.90 Å². The number of carbonyl (C=O) groups is 1. The molecule has 0 radical (unpaired) electrons. The van der Waals surface area contributed by atoms with Crippen LogP contribution >= 0.6 is 11.3 Å². The van der Waals surface area contributed by atoms with Crippen LogP contribution in [0.5, 0.6) is 0 Å². The first-order valence-corrected chi connectivity index (χ1v) is 11.2. The molecule has 0 unspecified atom stereocenters. The molecule has 7 heteroatoms. The molecule has 1 amide bonds. The number of hydrogen-bond acceptors (Lipinski definition) is 4. The number of carbonyl (C=O) groups excluding carboxylic acids is 1. The van der Waals surface area contributed by atoms with Crippen LogP contribution in [0, 0.1) is 6.92 Å². The van der Waals surface area contributed by atoms with E-state index in [2.05, 4.69) is 22.1 Å². The molecule has 140 valence electrons. The van der Waals surface area contributed by atoms with Crippen molar-refractivity contribution in [3.63, 3.8) is 0 Å². The summed E-state index contributed by atoms with van der Waals surface area (Å²) in [6.45, 7) is 4.63. The molecule has 1 N–H and O–H groups in total. The molecule has 1 aliphatic heterocycles. The quantitative estimate of drug-likeness (QED) is 0.837. The third-order valence-electron chi connectivity index (χ3n) is 4.87. The highest BCUT2D eigenvalue weighted by Crippen LogP contribution is 2.32. The van der Waals surface area contributed by atoms with Crippen molar-refractivity contribution < 1.29 is 13.2 Å². The molecule has 1 saturated heterocycles. The molecule has 1 aromatic carbocycles. The fourth-order valence-corrected chi connectivity index (χ4v) is 5.76. The Bertz CT molecular complexity index is 868. The summed E-state index contributed by atoms with van der Waals surface area (Å²) in [5.41, 5.74) is 2.60. The highest BCUT2D eigenvalue weighted by molar-refractivity contribution is 7.89. The van der Waals surface area contributed by atoms with Gasteiger partial charge in [-0.2, -0.15) is 15.6 Å². The molecule has 26 heavy (non-hydrogen) atoms. The van der Waals surface area contributed by atoms with Gasteiger partial charge in [-0.3, -0.25) is 4.79 Å². The number of benzene rings is 1. The smallest absolute Gasteiger partial charge is 0.243 e. The molecular formula is C19H24N2O3S2. The van der Waals surface area contributed by atoms with Gasteiger partial charge in [0.2, 0.25) is 15.9 Å². The van der Waals surface area contributed by atoms with Gasteiger partial charge in [0.25, 0.3) is 0 Å². The van der Waals surface area contributed by atoms with E-state index in [9.17, 15) is 13.2 Å². The number of rotatable bonds is 5. The van der Waals surface area contributed by atoms with E-state index in [1.807, 2.05) is 0 Å². The van der Waals surface area contributed by atoms with Crippen LogP contribution in [0.1, 0.15) is 43.2 Å². The van der Waals surface area contributed by atoms with Crippen molar-refractivity contribution in [1.29, 1.82) is 0 Å². The van der Waals surface area contributed by atoms with Crippen LogP contribution in [0.4, 0.5) is 5.69 Å². The lowest BCUT2D eigenvalue weighted by Crippen LogP contribution is -2.38. The third-order valence-corrected chi connectivity index (χ3v) is 7.63. The number of nitrogens with one attached hydrogen (secondary N) is 1. The highest BCUT2D eigenvalue weighted by Gasteiger charge is 2.31. The fraction of sp³-hybridized carbons (Fsp3) is 0.421. The van der Waals surface area contributed by atoms with Crippen molar-refractivity contribution in [3.8, 4) is 0 Å². The molecule has 0 atom stereocenters. The third kappa shape index (κ3) is 4.00. The summed E-state index contributed by atoms with van der Waals surface area (Å²) in [7, 11) is -3.51. The lowest BCUT2D eigenvalue weighted by molar-refractivity contribution is -0.115. The Kier molecular flexibility index (Phi) is 5.79. The van der Waals surface area contributed by atoms with E-state index in [0.29, 0.717) is 41.6 Å². The van der Waals surface area contributed by atoms with E-state index >= 15 is 0 Å². The predicted molar refractivity (Wildman–Crippen MR) is 105 cm³/mol. The van der Waals surface area contributed by atoms with E-state index in [-0.39, 0.29) is 5.91 Å². The van der Waals surface area contributed by atoms with Crippen LogP contribution in [-0.4, -0.2) is 31.7 Å². The van der Waals surface area contributed by atoms with Gasteiger partial charge in [0.15, 0.2) is 0 Å². The Labute approximate surface area is 159 Å². The summed E-state index contributed by atoms with van der Waals surface area (Å²) in [6, 6.07) is 7.11. The van der Waals surface area contributed by atoms with Crippen LogP contribution in [0.3, 0.4) is 0 Å². The topological polar surface area (TPSA) is 66.5 Å². The minimum absolute atomic E-state index is 0.0875. The number of piperidine rings is 1. The first-order valence-electron chi connectivity index (χ1n) is 8.84. The van der Waals surface area contributed by atoms with Crippen LogP contribution in [-0.2, 0) is 14.8 Å². The fourth-order valence-electron chi connectivity index (χ4n) is 3.34. The average molecular weight is 393 g/mol. The van der Waals surface area contributed by atoms with Gasteiger partial charge in [0.1, 0.15) is 0 Å². The zero-order chi connectivity index (χ0) is 18.7. The average Bonchev–Trinajstić information content (AvgIpc) is 3.16. The molecular weight excluding hydrogens is 368 g/mol. The first-order chi connectivity index (χ1) is 12.4. The van der Waals surface area contributed by atoms with Gasteiger partial charge in [-0.15, -0.1) is 0 Å². The lowest BCUT2D eigenvalue weighted by Gasteiger charge is -2.31. The SMILES string of the molecule is CCC(=O)Nc1ccc(S(=O)(=O)N2CCC(c3ccsc3)CC2)c(C)c1. The second-order valence-electron chi connectivity index (χ2n) is 6.62. The van der Waals surface area contributed by atoms with Crippen LogP contribution in [0.15, 0.2) is 39.9 Å². The zero-order valence-electron chi connectivity index (χ0n) is 15.1. The number of anilines is 1. The maximum atomic E-state index is 13.0. The molecule has 2 aromatic rings. The van der Waals surface area contributed by atoms with Crippen molar-refractivity contribution >= 4 is 33.0 Å². The monoisotopic (exact) mass is 392 g/mol. The van der Waals surface area contributed by atoms with Crippen LogP contribution in [0.25, 0.3) is 0 Å². The molecule has 1 fully saturated rings. The first kappa shape index (κ1) is 19.1. The zero-order valence-corrected chi connectivity index (χ0v) is 16.7. The molecule has 0 spiro atoms. The Balaban J connectivity index is 1.73. The molecule has 0 bridgehead atoms. The molecule has 1 aromatic heterocycles. The van der Waals surface area contributed by atoms with Gasteiger partial charge in [0, 0.05) is 25.2 Å². The minimum atomic E-state index is -3.51. The Morgan fingerprint density at radius 2 is 2.00 bits per heavy atom. The van der Waals surface area contributed by atoms with E-state index in [1.54, 1.807) is 47.7 Å². The van der Waals surface area contributed by atoms with E-state index < -0.39 is 10.0 Å². The second kappa shape index (κ2) is 7.90. The number of nitrogens with zero attached hydrogens (tertiary/aromatic N) is 1. The van der Waals surface area contributed by atoms with Gasteiger partial charge in [-0.25, -0.2) is 8.42 Å². The number of thiophene rings is 1. The number of hydrogen-bond donors (Lipinski definition) is 1. The molecule has 0 aliphatic carbocycles. The van der Waals surface area contributed by atoms with Gasteiger partial charge >= 0.3 is 0 Å². The summed E-state index contributed by atoms with van der Waals surface area (Å²) in [6.07, 6.45) is 2.08. The Morgan fingerprint density at radius 1 is 1.27 bits per heavy atom. The van der Waals surface area contributed by atoms with Crippen molar-refractivity contribution in [1.82, 2.24) is 4.31 Å². The van der Waals surface area contributed by atoms with Crippen molar-refractivity contribution in [3.05, 3.63) is 46.2 Å². The predicted octanol–water partition coefficient (Wildman–Crippen LogP) is 3.97. The van der Waals surface area contributed by atoms with Crippen molar-refractivity contribution in [2.24, 2.45) is 0 Å². The normalized spacial score (nSPS) is 16.5. The van der Waals surface area contributed by atoms with Crippen molar-refractivity contribution in [2.75, 3.05) is 18.4 Å². The summed E-state index contributed by atoms with van der Waals surface area (Å²) in [5.74, 6) is 0.357. The largest absolute Gasteiger partial charge is 0.326 e. The summed E-state index contributed by atoms with van der Waals surface area (Å²) < 4.78 is 27.6. The van der Waals surface area contributed by atoms with Crippen molar-refractivity contribution in [2.45, 2.75) is 43.9 Å². The standard InChI is InChI=1S/C19H24N2O3S2/c1-3-19(22)20-17-4-5-18(14(2)12-17)26(23,24)21-9-6-15(7-10-21)16-8-11-25-13-16/h4-5,8,11-13,15H,3,6-7,9-10H2,1-2H3,(H,20,22). The molecule has 2 heterocycles. The van der Waals surface area contributed by atoms with E-state index in [0.717, 1.165) is 12.8 Å². The minimum Gasteiger partial charge on any atom is -0.326 e. The second-order valence-corrected chi connectivity index (χ2v) is 9.30. The van der Waals surface area contributed by atoms with Crippen LogP contribution in [0.2, 0.25) is 0 Å². The number of amides is 1. The lowest BCUT2D eigenvalue weighted by atomic mass is 9.92. The van der Waals surface area contributed by atoms with Gasteiger partial charge < -0.3 is 5.32 Å². The summed E-state index contributed by atoms with van der Waals surface area (Å²) in [4.78, 5) is 11.8. The summed E-state index contributed by atoms with van der Waals surface area (Å²) >= 11 is 1.68. The highest BCUT2D eigenvalue weighted by atomic mass is 32.2. The van der Waals surface area contributed by atoms with Gasteiger partial charge in [-0.1, -0.05) is 6.92 Å². The molecule has 5 nitrogen and oxygen atoms in total. The van der Waals surface area contributed by atoms with Crippen LogP contribution < -0.4 is 5.32 Å². The Hall–Kier alpha value is -1.70. The molecule has 1 aliphatic rings. The van der Waals surface area contributed by atoms with E-state index in [1.165, 1.54) is 5.56 Å².